The molecule has 1 aromatic heterocycles. The molecule has 3 rings (SSSR count). The largest absolute Gasteiger partial charge is 0.497 e. The van der Waals surface area contributed by atoms with Crippen molar-refractivity contribution < 1.29 is 14.3 Å². The van der Waals surface area contributed by atoms with Crippen molar-refractivity contribution in [2.75, 3.05) is 19.5 Å². The topological polar surface area (TPSA) is 78.3 Å². The van der Waals surface area contributed by atoms with Crippen LogP contribution in [0.3, 0.4) is 0 Å². The molecule has 1 unspecified atom stereocenters. The van der Waals surface area contributed by atoms with E-state index in [0.29, 0.717) is 41.1 Å². The highest BCUT2D eigenvalue weighted by Gasteiger charge is 2.23. The molecular weight excluding hydrogens is 456 g/mol. The number of benzene rings is 2. The molecule has 0 aliphatic rings. The number of allylic oxidation sites excluding steroid dienone is 1. The van der Waals surface area contributed by atoms with Crippen molar-refractivity contribution in [3.63, 3.8) is 0 Å². The van der Waals surface area contributed by atoms with Gasteiger partial charge in [-0.15, -0.1) is 28.5 Å². The van der Waals surface area contributed by atoms with E-state index >= 15 is 0 Å². The van der Waals surface area contributed by atoms with Gasteiger partial charge < -0.3 is 19.4 Å². The van der Waals surface area contributed by atoms with Gasteiger partial charge in [-0.3, -0.25) is 4.79 Å². The van der Waals surface area contributed by atoms with Crippen molar-refractivity contribution in [3.05, 3.63) is 67.0 Å². The first kappa shape index (κ1) is 24.7. The molecule has 33 heavy (non-hydrogen) atoms. The lowest BCUT2D eigenvalue weighted by atomic mass is 10.2. The van der Waals surface area contributed by atoms with E-state index in [1.807, 2.05) is 35.8 Å². The van der Waals surface area contributed by atoms with E-state index in [2.05, 4.69) is 34.2 Å². The standard InChI is InChI=1S/C24H28N4O3S2/c1-5-14-28-22(16-32-18-10-8-7-9-11-18)26-27-24(28)33-21(6-2)23(29)25-19-13-12-17(30-3)15-20(19)31-4/h5,7-13,15,21H,1,6,14,16H2,2-4H3,(H,25,29). The maximum absolute atomic E-state index is 13.1. The second-order valence-electron chi connectivity index (χ2n) is 6.97. The van der Waals surface area contributed by atoms with Crippen LogP contribution >= 0.6 is 23.5 Å². The molecule has 0 saturated heterocycles. The van der Waals surface area contributed by atoms with Crippen molar-refractivity contribution >= 4 is 35.1 Å². The van der Waals surface area contributed by atoms with Gasteiger partial charge in [0.05, 0.1) is 30.9 Å². The summed E-state index contributed by atoms with van der Waals surface area (Å²) < 4.78 is 12.6. The van der Waals surface area contributed by atoms with Crippen LogP contribution in [0.2, 0.25) is 0 Å². The number of carbonyl (C=O) groups excluding carboxylic acids is 1. The summed E-state index contributed by atoms with van der Waals surface area (Å²) in [4.78, 5) is 14.2. The lowest BCUT2D eigenvalue weighted by Crippen LogP contribution is -2.25. The molecule has 0 bridgehead atoms. The van der Waals surface area contributed by atoms with Gasteiger partial charge in [0.15, 0.2) is 5.16 Å². The minimum absolute atomic E-state index is 0.126. The molecule has 3 aromatic rings. The van der Waals surface area contributed by atoms with Gasteiger partial charge in [0.1, 0.15) is 17.3 Å². The molecule has 1 atom stereocenters. The predicted molar refractivity (Wildman–Crippen MR) is 134 cm³/mol. The van der Waals surface area contributed by atoms with Crippen LogP contribution in [0.25, 0.3) is 0 Å². The Hall–Kier alpha value is -2.91. The Bertz CT molecular complexity index is 1070. The molecule has 174 valence electrons. The average molecular weight is 485 g/mol. The molecule has 1 heterocycles. The molecule has 0 aliphatic carbocycles. The maximum atomic E-state index is 13.1. The number of ether oxygens (including phenoxy) is 2. The zero-order chi connectivity index (χ0) is 23.6. The molecule has 0 fully saturated rings. The third kappa shape index (κ3) is 6.55. The Labute approximate surface area is 203 Å². The van der Waals surface area contributed by atoms with Gasteiger partial charge in [0.2, 0.25) is 5.91 Å². The van der Waals surface area contributed by atoms with Gasteiger partial charge in [0, 0.05) is 17.5 Å². The highest BCUT2D eigenvalue weighted by atomic mass is 32.2. The number of aromatic nitrogens is 3. The minimum atomic E-state index is -0.348. The molecule has 0 spiro atoms. The van der Waals surface area contributed by atoms with Crippen LogP contribution in [0, 0.1) is 0 Å². The monoisotopic (exact) mass is 484 g/mol. The zero-order valence-electron chi connectivity index (χ0n) is 19.0. The Balaban J connectivity index is 1.73. The van der Waals surface area contributed by atoms with E-state index < -0.39 is 0 Å². The van der Waals surface area contributed by atoms with E-state index in [1.165, 1.54) is 16.7 Å². The van der Waals surface area contributed by atoms with Crippen LogP contribution in [-0.4, -0.2) is 40.1 Å². The summed E-state index contributed by atoms with van der Waals surface area (Å²) in [7, 11) is 3.14. The highest BCUT2D eigenvalue weighted by molar-refractivity contribution is 8.00. The highest BCUT2D eigenvalue weighted by Crippen LogP contribution is 2.32. The van der Waals surface area contributed by atoms with Gasteiger partial charge in [-0.05, 0) is 30.7 Å². The number of nitrogens with one attached hydrogen (secondary N) is 1. The molecule has 0 aliphatic heterocycles. The smallest absolute Gasteiger partial charge is 0.238 e. The minimum Gasteiger partial charge on any atom is -0.497 e. The van der Waals surface area contributed by atoms with Crippen LogP contribution in [0.4, 0.5) is 5.69 Å². The summed E-state index contributed by atoms with van der Waals surface area (Å²) in [5.41, 5.74) is 0.592. The zero-order valence-corrected chi connectivity index (χ0v) is 20.6. The first-order chi connectivity index (χ1) is 16.1. The number of methoxy groups -OCH3 is 2. The van der Waals surface area contributed by atoms with E-state index in [9.17, 15) is 4.79 Å². The summed E-state index contributed by atoms with van der Waals surface area (Å²) >= 11 is 3.10. The molecule has 2 aromatic carbocycles. The van der Waals surface area contributed by atoms with Gasteiger partial charge in [-0.25, -0.2) is 0 Å². The first-order valence-corrected chi connectivity index (χ1v) is 12.4. The van der Waals surface area contributed by atoms with Crippen LogP contribution in [0.5, 0.6) is 11.5 Å². The van der Waals surface area contributed by atoms with Crippen molar-refractivity contribution in [2.45, 2.75) is 40.9 Å². The molecule has 9 heteroatoms. The fourth-order valence-corrected chi connectivity index (χ4v) is 4.90. The fourth-order valence-electron chi connectivity index (χ4n) is 3.05. The molecule has 1 amide bonds. The van der Waals surface area contributed by atoms with Crippen molar-refractivity contribution in [3.8, 4) is 11.5 Å². The summed E-state index contributed by atoms with van der Waals surface area (Å²) in [5, 5.41) is 12.1. The third-order valence-electron chi connectivity index (χ3n) is 4.79. The van der Waals surface area contributed by atoms with E-state index in [0.717, 1.165) is 5.82 Å². The number of rotatable bonds is 12. The Morgan fingerprint density at radius 1 is 1.18 bits per heavy atom. The lowest BCUT2D eigenvalue weighted by molar-refractivity contribution is -0.115. The average Bonchev–Trinajstić information content (AvgIpc) is 3.23. The lowest BCUT2D eigenvalue weighted by Gasteiger charge is -2.17. The number of hydrogen-bond donors (Lipinski definition) is 1. The van der Waals surface area contributed by atoms with Crippen molar-refractivity contribution in [2.24, 2.45) is 0 Å². The Kier molecular flexibility index (Phi) is 9.26. The van der Waals surface area contributed by atoms with Crippen LogP contribution in [-0.2, 0) is 17.1 Å². The number of nitrogens with zero attached hydrogens (tertiary/aromatic N) is 3. The number of hydrogen-bond acceptors (Lipinski definition) is 7. The van der Waals surface area contributed by atoms with Crippen LogP contribution in [0.15, 0.2) is 71.2 Å². The molecule has 7 nitrogen and oxygen atoms in total. The first-order valence-electron chi connectivity index (χ1n) is 10.5. The summed E-state index contributed by atoms with van der Waals surface area (Å²) in [6.07, 6.45) is 2.44. The normalized spacial score (nSPS) is 11.6. The molecule has 1 N–H and O–H groups in total. The number of carbonyl (C=O) groups is 1. The van der Waals surface area contributed by atoms with Crippen LogP contribution in [0.1, 0.15) is 19.2 Å². The van der Waals surface area contributed by atoms with Crippen LogP contribution < -0.4 is 14.8 Å². The second-order valence-corrected chi connectivity index (χ2v) is 9.19. The molecule has 0 radical (unpaired) electrons. The Morgan fingerprint density at radius 2 is 1.97 bits per heavy atom. The van der Waals surface area contributed by atoms with Gasteiger partial charge in [0.25, 0.3) is 0 Å². The van der Waals surface area contributed by atoms with Crippen molar-refractivity contribution in [1.82, 2.24) is 14.8 Å². The quantitative estimate of drug-likeness (QED) is 0.277. The number of amides is 1. The molecule has 0 saturated carbocycles. The van der Waals surface area contributed by atoms with Gasteiger partial charge in [-0.2, -0.15) is 0 Å². The summed E-state index contributed by atoms with van der Waals surface area (Å²) in [6, 6.07) is 15.5. The predicted octanol–water partition coefficient (Wildman–Crippen LogP) is 5.28. The fraction of sp³-hybridized carbons (Fsp3) is 0.292. The number of anilines is 1. The molecular formula is C24H28N4O3S2. The third-order valence-corrected chi connectivity index (χ3v) is 7.15. The van der Waals surface area contributed by atoms with E-state index in [-0.39, 0.29) is 11.2 Å². The summed E-state index contributed by atoms with van der Waals surface area (Å²) in [6.45, 7) is 6.41. The SMILES string of the molecule is C=CCn1c(CSc2ccccc2)nnc1SC(CC)C(=O)Nc1ccc(OC)cc1OC. The maximum Gasteiger partial charge on any atom is 0.238 e. The van der Waals surface area contributed by atoms with Crippen molar-refractivity contribution in [1.29, 1.82) is 0 Å². The van der Waals surface area contributed by atoms with E-state index in [1.54, 1.807) is 44.2 Å². The van der Waals surface area contributed by atoms with E-state index in [4.69, 9.17) is 9.47 Å². The summed E-state index contributed by atoms with van der Waals surface area (Å²) in [5.74, 6) is 2.59. The number of thioether (sulfide) groups is 2. The van der Waals surface area contributed by atoms with Gasteiger partial charge in [-0.1, -0.05) is 43.0 Å². The Morgan fingerprint density at radius 3 is 2.64 bits per heavy atom. The second kappa shape index (κ2) is 12.4. The van der Waals surface area contributed by atoms with Gasteiger partial charge >= 0.3 is 0 Å².